The van der Waals surface area contributed by atoms with Crippen molar-refractivity contribution in [2.75, 3.05) is 13.7 Å². The molecular formula is C23H22N6O4. The molecule has 0 aliphatic carbocycles. The average Bonchev–Trinajstić information content (AvgIpc) is 3.59. The van der Waals surface area contributed by atoms with Gasteiger partial charge in [0.2, 0.25) is 11.7 Å². The summed E-state index contributed by atoms with van der Waals surface area (Å²) < 4.78 is 10.9. The maximum absolute atomic E-state index is 13.6. The molecule has 3 heterocycles. The summed E-state index contributed by atoms with van der Waals surface area (Å²) in [6, 6.07) is 9.94. The van der Waals surface area contributed by atoms with Crippen LogP contribution >= 0.6 is 0 Å². The van der Waals surface area contributed by atoms with Gasteiger partial charge in [0.1, 0.15) is 17.5 Å². The van der Waals surface area contributed by atoms with Crippen LogP contribution in [0.4, 0.5) is 0 Å². The Bertz CT molecular complexity index is 1300. The molecule has 0 spiro atoms. The standard InChI is InChI=1S/C23H22N6O4/c1-14-5-8-18(29-24-9-10-25-29)17(12-14)23(31)28-11-3-4-19(28)22-26-21(27-33-22)16-7-6-15(30)13-20(16)32-2/h5-10,12-13,19,30H,3-4,11H2,1-2H3. The van der Waals surface area contributed by atoms with E-state index in [-0.39, 0.29) is 17.7 Å². The number of likely N-dealkylation sites (tertiary alicyclic amines) is 1. The number of aromatic hydroxyl groups is 1. The van der Waals surface area contributed by atoms with E-state index in [1.54, 1.807) is 23.4 Å². The van der Waals surface area contributed by atoms with Gasteiger partial charge in [-0.2, -0.15) is 20.0 Å². The molecule has 2 aromatic carbocycles. The zero-order valence-corrected chi connectivity index (χ0v) is 18.2. The molecule has 1 unspecified atom stereocenters. The Hall–Kier alpha value is -4.21. The molecule has 10 nitrogen and oxygen atoms in total. The van der Waals surface area contributed by atoms with E-state index in [0.717, 1.165) is 12.0 Å². The molecule has 1 amide bonds. The van der Waals surface area contributed by atoms with E-state index in [1.807, 2.05) is 25.1 Å². The molecule has 1 aliphatic heterocycles. The van der Waals surface area contributed by atoms with Crippen molar-refractivity contribution in [2.45, 2.75) is 25.8 Å². The smallest absolute Gasteiger partial charge is 0.256 e. The second kappa shape index (κ2) is 8.38. The highest BCUT2D eigenvalue weighted by Gasteiger charge is 2.36. The number of amides is 1. The molecule has 168 valence electrons. The highest BCUT2D eigenvalue weighted by atomic mass is 16.5. The van der Waals surface area contributed by atoms with Gasteiger partial charge in [0.25, 0.3) is 5.91 Å². The van der Waals surface area contributed by atoms with E-state index in [1.165, 1.54) is 24.0 Å². The van der Waals surface area contributed by atoms with Crippen LogP contribution in [-0.4, -0.2) is 54.7 Å². The van der Waals surface area contributed by atoms with E-state index in [9.17, 15) is 9.90 Å². The molecule has 10 heteroatoms. The second-order valence-corrected chi connectivity index (χ2v) is 7.84. The van der Waals surface area contributed by atoms with Crippen LogP contribution in [-0.2, 0) is 0 Å². The highest BCUT2D eigenvalue weighted by molar-refractivity contribution is 5.98. The van der Waals surface area contributed by atoms with Gasteiger partial charge in [-0.25, -0.2) is 0 Å². The van der Waals surface area contributed by atoms with Crippen LogP contribution in [0.2, 0.25) is 0 Å². The van der Waals surface area contributed by atoms with E-state index < -0.39 is 0 Å². The average molecular weight is 446 g/mol. The van der Waals surface area contributed by atoms with Crippen LogP contribution in [0.1, 0.15) is 40.7 Å². The Morgan fingerprint density at radius 1 is 1.18 bits per heavy atom. The zero-order valence-electron chi connectivity index (χ0n) is 18.2. The van der Waals surface area contributed by atoms with Gasteiger partial charge in [0.05, 0.1) is 36.3 Å². The van der Waals surface area contributed by atoms with Crippen LogP contribution in [0.15, 0.2) is 53.3 Å². The van der Waals surface area contributed by atoms with Gasteiger partial charge in [-0.15, -0.1) is 0 Å². The fourth-order valence-corrected chi connectivity index (χ4v) is 4.10. The van der Waals surface area contributed by atoms with Gasteiger partial charge in [-0.3, -0.25) is 4.79 Å². The fourth-order valence-electron chi connectivity index (χ4n) is 4.10. The number of nitrogens with zero attached hydrogens (tertiary/aromatic N) is 6. The Balaban J connectivity index is 1.47. The minimum absolute atomic E-state index is 0.0764. The molecular weight excluding hydrogens is 424 g/mol. The second-order valence-electron chi connectivity index (χ2n) is 7.84. The molecule has 1 fully saturated rings. The minimum atomic E-state index is -0.346. The largest absolute Gasteiger partial charge is 0.508 e. The van der Waals surface area contributed by atoms with Gasteiger partial charge in [0.15, 0.2) is 0 Å². The number of carbonyl (C=O) groups is 1. The van der Waals surface area contributed by atoms with Gasteiger partial charge >= 0.3 is 0 Å². The summed E-state index contributed by atoms with van der Waals surface area (Å²) >= 11 is 0. The lowest BCUT2D eigenvalue weighted by Crippen LogP contribution is -2.31. The van der Waals surface area contributed by atoms with E-state index in [2.05, 4.69) is 20.3 Å². The third kappa shape index (κ3) is 3.79. The van der Waals surface area contributed by atoms with Crippen molar-refractivity contribution < 1.29 is 19.2 Å². The monoisotopic (exact) mass is 446 g/mol. The van der Waals surface area contributed by atoms with Gasteiger partial charge in [-0.1, -0.05) is 16.8 Å². The van der Waals surface area contributed by atoms with Crippen molar-refractivity contribution in [2.24, 2.45) is 0 Å². The molecule has 1 aliphatic rings. The number of methoxy groups -OCH3 is 1. The van der Waals surface area contributed by atoms with Crippen LogP contribution in [0.25, 0.3) is 17.1 Å². The van der Waals surface area contributed by atoms with Crippen LogP contribution < -0.4 is 4.74 Å². The van der Waals surface area contributed by atoms with E-state index >= 15 is 0 Å². The summed E-state index contributed by atoms with van der Waals surface area (Å²) in [5, 5.41) is 22.2. The van der Waals surface area contributed by atoms with Crippen molar-refractivity contribution in [3.8, 4) is 28.6 Å². The Labute approximate surface area is 189 Å². The topological polar surface area (TPSA) is 119 Å². The molecule has 1 N–H and O–H groups in total. The fraction of sp³-hybridized carbons (Fsp3) is 0.261. The first-order chi connectivity index (χ1) is 16.0. The predicted octanol–water partition coefficient (Wildman–Crippen LogP) is 3.32. The van der Waals surface area contributed by atoms with Gasteiger partial charge in [0, 0.05) is 12.6 Å². The molecule has 33 heavy (non-hydrogen) atoms. The Kier molecular flexibility index (Phi) is 5.25. The normalized spacial score (nSPS) is 15.7. The summed E-state index contributed by atoms with van der Waals surface area (Å²) in [5.74, 6) is 1.05. The summed E-state index contributed by atoms with van der Waals surface area (Å²) in [7, 11) is 1.50. The number of phenols is 1. The highest BCUT2D eigenvalue weighted by Crippen LogP contribution is 2.36. The minimum Gasteiger partial charge on any atom is -0.508 e. The molecule has 0 radical (unpaired) electrons. The SMILES string of the molecule is COc1cc(O)ccc1-c1noc(C2CCCN2C(=O)c2cc(C)ccc2-n2nccn2)n1. The number of hydrogen-bond donors (Lipinski definition) is 1. The van der Waals surface area contributed by atoms with Crippen LogP contribution in [0.3, 0.4) is 0 Å². The number of hydrogen-bond acceptors (Lipinski definition) is 8. The van der Waals surface area contributed by atoms with Crippen molar-refractivity contribution in [1.29, 1.82) is 0 Å². The third-order valence-electron chi connectivity index (χ3n) is 5.68. The van der Waals surface area contributed by atoms with E-state index in [4.69, 9.17) is 9.26 Å². The number of rotatable bonds is 5. The molecule has 0 saturated carbocycles. The molecule has 0 bridgehead atoms. The van der Waals surface area contributed by atoms with Crippen molar-refractivity contribution in [3.05, 3.63) is 65.8 Å². The maximum atomic E-state index is 13.6. The number of aryl methyl sites for hydroxylation is 1. The lowest BCUT2D eigenvalue weighted by molar-refractivity contribution is 0.0709. The number of ether oxygens (including phenoxy) is 1. The van der Waals surface area contributed by atoms with Crippen molar-refractivity contribution in [3.63, 3.8) is 0 Å². The maximum Gasteiger partial charge on any atom is 0.256 e. The lowest BCUT2D eigenvalue weighted by Gasteiger charge is -2.23. The molecule has 5 rings (SSSR count). The quantitative estimate of drug-likeness (QED) is 0.496. The lowest BCUT2D eigenvalue weighted by atomic mass is 10.1. The Morgan fingerprint density at radius 3 is 2.79 bits per heavy atom. The number of aromatic nitrogens is 5. The van der Waals surface area contributed by atoms with Crippen LogP contribution in [0.5, 0.6) is 11.5 Å². The molecule has 2 aromatic heterocycles. The predicted molar refractivity (Wildman–Crippen MR) is 117 cm³/mol. The summed E-state index contributed by atoms with van der Waals surface area (Å²) in [5.41, 5.74) is 2.68. The van der Waals surface area contributed by atoms with E-state index in [0.29, 0.717) is 47.2 Å². The zero-order chi connectivity index (χ0) is 22.9. The first kappa shape index (κ1) is 20.7. The third-order valence-corrected chi connectivity index (χ3v) is 5.68. The van der Waals surface area contributed by atoms with Gasteiger partial charge < -0.3 is 19.3 Å². The first-order valence-electron chi connectivity index (χ1n) is 10.5. The van der Waals surface area contributed by atoms with Crippen molar-refractivity contribution >= 4 is 5.91 Å². The number of benzene rings is 2. The van der Waals surface area contributed by atoms with Gasteiger partial charge in [-0.05, 0) is 44.0 Å². The number of carbonyl (C=O) groups excluding carboxylic acids is 1. The molecule has 1 saturated heterocycles. The Morgan fingerprint density at radius 2 is 2.00 bits per heavy atom. The summed E-state index contributed by atoms with van der Waals surface area (Å²) in [4.78, 5) is 21.4. The van der Waals surface area contributed by atoms with Crippen molar-refractivity contribution in [1.82, 2.24) is 30.0 Å². The summed E-state index contributed by atoms with van der Waals surface area (Å²) in [6.45, 7) is 2.51. The number of phenolic OH excluding ortho intramolecular Hbond substituents is 1. The summed E-state index contributed by atoms with van der Waals surface area (Å²) in [6.07, 6.45) is 4.67. The van der Waals surface area contributed by atoms with Crippen LogP contribution in [0, 0.1) is 6.92 Å². The molecule has 1 atom stereocenters. The first-order valence-corrected chi connectivity index (χ1v) is 10.5. The molecule has 4 aromatic rings.